The highest BCUT2D eigenvalue weighted by molar-refractivity contribution is 7.20. The molecule has 1 amide bonds. The van der Waals surface area contributed by atoms with Gasteiger partial charge in [0.25, 0.3) is 5.91 Å². The quantitative estimate of drug-likeness (QED) is 0.747. The second-order valence-electron chi connectivity index (χ2n) is 5.96. The molecule has 7 nitrogen and oxygen atoms in total. The van der Waals surface area contributed by atoms with Crippen LogP contribution < -0.4 is 0 Å². The van der Waals surface area contributed by atoms with E-state index in [9.17, 15) is 18.0 Å². The first-order chi connectivity index (χ1) is 12.2. The molecule has 0 fully saturated rings. The van der Waals surface area contributed by atoms with Crippen LogP contribution in [0.15, 0.2) is 12.1 Å². The zero-order chi connectivity index (χ0) is 19.1. The van der Waals surface area contributed by atoms with Crippen LogP contribution in [0.4, 0.5) is 13.2 Å². The summed E-state index contributed by atoms with van der Waals surface area (Å²) in [5.41, 5.74) is -0.348. The molecule has 3 heterocycles. The molecule has 3 aromatic heterocycles. The molecule has 11 heteroatoms. The minimum Gasteiger partial charge on any atom is -0.340 e. The number of carbonyl (C=O) groups is 1. The molecule has 1 N–H and O–H groups in total. The van der Waals surface area contributed by atoms with Gasteiger partial charge in [0.05, 0.1) is 4.88 Å². The van der Waals surface area contributed by atoms with Gasteiger partial charge in [-0.3, -0.25) is 4.79 Å². The van der Waals surface area contributed by atoms with Gasteiger partial charge in [-0.15, -0.1) is 21.5 Å². The number of rotatable bonds is 4. The van der Waals surface area contributed by atoms with Crippen molar-refractivity contribution < 1.29 is 18.0 Å². The number of hydrogen-bond donors (Lipinski definition) is 1. The van der Waals surface area contributed by atoms with Crippen molar-refractivity contribution in [1.82, 2.24) is 30.5 Å². The topological polar surface area (TPSA) is 87.7 Å². The van der Waals surface area contributed by atoms with Gasteiger partial charge < -0.3 is 4.90 Å². The van der Waals surface area contributed by atoms with Crippen LogP contribution in [-0.2, 0) is 6.18 Å². The van der Waals surface area contributed by atoms with Gasteiger partial charge in [0.15, 0.2) is 5.82 Å². The van der Waals surface area contributed by atoms with E-state index in [4.69, 9.17) is 0 Å². The maximum Gasteiger partial charge on any atom is 0.433 e. The molecule has 0 saturated carbocycles. The van der Waals surface area contributed by atoms with Crippen LogP contribution in [0.3, 0.4) is 0 Å². The molecular weight excluding hydrogens is 369 g/mol. The van der Waals surface area contributed by atoms with E-state index in [0.717, 1.165) is 17.4 Å². The third-order valence-corrected chi connectivity index (χ3v) is 5.17. The first kappa shape index (κ1) is 18.2. The van der Waals surface area contributed by atoms with E-state index >= 15 is 0 Å². The van der Waals surface area contributed by atoms with Crippen LogP contribution >= 0.6 is 11.3 Å². The SMILES string of the molecule is Cc1c(C(=O)N(C)CC(C)c2nn[nH]n2)sc2nc(C(F)(F)F)ccc12. The molecule has 1 atom stereocenters. The number of alkyl halides is 3. The number of tetrazole rings is 1. The Morgan fingerprint density at radius 1 is 1.38 bits per heavy atom. The summed E-state index contributed by atoms with van der Waals surface area (Å²) in [6.45, 7) is 3.90. The Hall–Kier alpha value is -2.56. The van der Waals surface area contributed by atoms with Crippen LogP contribution in [0.5, 0.6) is 0 Å². The van der Waals surface area contributed by atoms with Crippen molar-refractivity contribution in [2.75, 3.05) is 13.6 Å². The van der Waals surface area contributed by atoms with Gasteiger partial charge in [0.1, 0.15) is 10.5 Å². The Morgan fingerprint density at radius 2 is 2.12 bits per heavy atom. The highest BCUT2D eigenvalue weighted by atomic mass is 32.1. The van der Waals surface area contributed by atoms with E-state index in [1.165, 1.54) is 11.0 Å². The normalized spacial score (nSPS) is 13.2. The van der Waals surface area contributed by atoms with Gasteiger partial charge in [0, 0.05) is 24.9 Å². The third kappa shape index (κ3) is 3.39. The number of hydrogen-bond acceptors (Lipinski definition) is 6. The van der Waals surface area contributed by atoms with E-state index < -0.39 is 11.9 Å². The van der Waals surface area contributed by atoms with E-state index in [1.807, 2.05) is 6.92 Å². The average Bonchev–Trinajstić information content (AvgIpc) is 3.21. The molecular formula is C15H15F3N6OS. The van der Waals surface area contributed by atoms with Crippen molar-refractivity contribution in [2.24, 2.45) is 0 Å². The number of fused-ring (bicyclic) bond motifs is 1. The Morgan fingerprint density at radius 3 is 2.73 bits per heavy atom. The van der Waals surface area contributed by atoms with Crippen molar-refractivity contribution in [3.8, 4) is 0 Å². The van der Waals surface area contributed by atoms with Gasteiger partial charge in [-0.1, -0.05) is 12.1 Å². The molecule has 26 heavy (non-hydrogen) atoms. The first-order valence-electron chi connectivity index (χ1n) is 7.64. The highest BCUT2D eigenvalue weighted by Gasteiger charge is 2.33. The molecule has 0 bridgehead atoms. The zero-order valence-corrected chi connectivity index (χ0v) is 14.9. The standard InChI is InChI=1S/C15H15F3N6OS/c1-7(12-20-22-23-21-12)6-24(3)14(25)11-8(2)9-4-5-10(15(16,17)18)19-13(9)26-11/h4-5,7H,6H2,1-3H3,(H,20,21,22,23). The van der Waals surface area contributed by atoms with Crippen molar-refractivity contribution in [2.45, 2.75) is 25.9 Å². The fourth-order valence-corrected chi connectivity index (χ4v) is 3.76. The van der Waals surface area contributed by atoms with Gasteiger partial charge in [-0.2, -0.15) is 18.4 Å². The summed E-state index contributed by atoms with van der Waals surface area (Å²) in [5.74, 6) is 0.0518. The Bertz CT molecular complexity index is 937. The molecule has 138 valence electrons. The molecule has 0 radical (unpaired) electrons. The average molecular weight is 384 g/mol. The maximum atomic E-state index is 12.8. The van der Waals surface area contributed by atoms with Gasteiger partial charge in [0.2, 0.25) is 0 Å². The number of amides is 1. The molecule has 0 aliphatic heterocycles. The Kier molecular flexibility index (Phi) is 4.65. The van der Waals surface area contributed by atoms with Crippen molar-refractivity contribution >= 4 is 27.5 Å². The molecule has 1 unspecified atom stereocenters. The predicted molar refractivity (Wildman–Crippen MR) is 88.9 cm³/mol. The van der Waals surface area contributed by atoms with Gasteiger partial charge >= 0.3 is 6.18 Å². The monoisotopic (exact) mass is 384 g/mol. The fraction of sp³-hybridized carbons (Fsp3) is 0.400. The lowest BCUT2D eigenvalue weighted by molar-refractivity contribution is -0.140. The third-order valence-electron chi connectivity index (χ3n) is 3.99. The first-order valence-corrected chi connectivity index (χ1v) is 8.46. The maximum absolute atomic E-state index is 12.8. The van der Waals surface area contributed by atoms with Gasteiger partial charge in [-0.05, 0) is 24.6 Å². The summed E-state index contributed by atoms with van der Waals surface area (Å²) >= 11 is 0.963. The summed E-state index contributed by atoms with van der Waals surface area (Å²) in [6, 6.07) is 2.29. The second-order valence-corrected chi connectivity index (χ2v) is 6.96. The zero-order valence-electron chi connectivity index (χ0n) is 14.1. The summed E-state index contributed by atoms with van der Waals surface area (Å²) in [4.78, 5) is 18.5. The van der Waals surface area contributed by atoms with E-state index in [0.29, 0.717) is 28.2 Å². The fourth-order valence-electron chi connectivity index (χ4n) is 2.59. The molecule has 0 saturated heterocycles. The number of carbonyl (C=O) groups excluding carboxylic acids is 1. The van der Waals surface area contributed by atoms with Crippen LogP contribution in [-0.4, -0.2) is 50.0 Å². The van der Waals surface area contributed by atoms with E-state index in [1.54, 1.807) is 14.0 Å². The van der Waals surface area contributed by atoms with Crippen molar-refractivity contribution in [1.29, 1.82) is 0 Å². The van der Waals surface area contributed by atoms with Crippen molar-refractivity contribution in [3.05, 3.63) is 34.1 Å². The number of aromatic nitrogens is 5. The minimum absolute atomic E-state index is 0.146. The van der Waals surface area contributed by atoms with Gasteiger partial charge in [-0.25, -0.2) is 4.98 Å². The highest BCUT2D eigenvalue weighted by Crippen LogP contribution is 2.34. The lowest BCUT2D eigenvalue weighted by atomic mass is 10.1. The largest absolute Gasteiger partial charge is 0.433 e. The van der Waals surface area contributed by atoms with Crippen LogP contribution in [0.2, 0.25) is 0 Å². The number of aromatic amines is 1. The number of pyridine rings is 1. The molecule has 0 aliphatic carbocycles. The van der Waals surface area contributed by atoms with Crippen molar-refractivity contribution in [3.63, 3.8) is 0 Å². The molecule has 0 aromatic carbocycles. The Balaban J connectivity index is 1.86. The summed E-state index contributed by atoms with van der Waals surface area (Å²) in [6.07, 6.45) is -4.52. The molecule has 3 aromatic rings. The molecule has 3 rings (SSSR count). The van der Waals surface area contributed by atoms with Crippen LogP contribution in [0, 0.1) is 6.92 Å². The number of nitrogens with one attached hydrogen (secondary N) is 1. The minimum atomic E-state index is -4.52. The number of aryl methyl sites for hydroxylation is 1. The summed E-state index contributed by atoms with van der Waals surface area (Å²) < 4.78 is 38.5. The van der Waals surface area contributed by atoms with Crippen LogP contribution in [0.25, 0.3) is 10.2 Å². The van der Waals surface area contributed by atoms with E-state index in [2.05, 4.69) is 25.6 Å². The lowest BCUT2D eigenvalue weighted by Crippen LogP contribution is -2.30. The second kappa shape index (κ2) is 6.63. The number of halogens is 3. The number of thiophene rings is 1. The summed E-state index contributed by atoms with van der Waals surface area (Å²) in [5, 5.41) is 14.2. The smallest absolute Gasteiger partial charge is 0.340 e. The number of nitrogens with zero attached hydrogens (tertiary/aromatic N) is 5. The van der Waals surface area contributed by atoms with Crippen LogP contribution in [0.1, 0.15) is 39.6 Å². The van der Waals surface area contributed by atoms with E-state index in [-0.39, 0.29) is 16.7 Å². The molecule has 0 spiro atoms. The lowest BCUT2D eigenvalue weighted by Gasteiger charge is -2.19. The number of H-pyrrole nitrogens is 1. The Labute approximate surface area is 150 Å². The number of likely N-dealkylation sites (N-methyl/N-ethyl adjacent to an activating group) is 1. The summed E-state index contributed by atoms with van der Waals surface area (Å²) in [7, 11) is 1.62. The molecule has 0 aliphatic rings. The predicted octanol–water partition coefficient (Wildman–Crippen LogP) is 3.01.